The van der Waals surface area contributed by atoms with Gasteiger partial charge in [0.1, 0.15) is 5.56 Å². The van der Waals surface area contributed by atoms with Crippen LogP contribution in [0.1, 0.15) is 33.1 Å². The van der Waals surface area contributed by atoms with E-state index in [-0.39, 0.29) is 10.1 Å². The molecule has 3 aromatic rings. The van der Waals surface area contributed by atoms with Crippen LogP contribution < -0.4 is 11.2 Å². The second kappa shape index (κ2) is 7.98. The predicted molar refractivity (Wildman–Crippen MR) is 106 cm³/mol. The maximum Gasteiger partial charge on any atom is 0.423 e. The van der Waals surface area contributed by atoms with E-state index in [9.17, 15) is 27.6 Å². The van der Waals surface area contributed by atoms with E-state index >= 15 is 0 Å². The molecular weight excluding hydrogens is 397 g/mol. The third-order valence-corrected chi connectivity index (χ3v) is 4.67. The van der Waals surface area contributed by atoms with Crippen LogP contribution in [-0.2, 0) is 6.18 Å². The van der Waals surface area contributed by atoms with Crippen LogP contribution in [-0.4, -0.2) is 15.0 Å². The number of benzene rings is 2. The fourth-order valence-corrected chi connectivity index (χ4v) is 3.16. The van der Waals surface area contributed by atoms with Crippen molar-refractivity contribution >= 4 is 5.91 Å². The van der Waals surface area contributed by atoms with Crippen LogP contribution in [0.3, 0.4) is 0 Å². The summed E-state index contributed by atoms with van der Waals surface area (Å²) in [7, 11) is 0. The summed E-state index contributed by atoms with van der Waals surface area (Å²) in [5.74, 6) is -1.14. The van der Waals surface area contributed by atoms with Crippen LogP contribution in [0, 0.1) is 6.92 Å². The minimum absolute atomic E-state index is 0.0208. The second-order valence-corrected chi connectivity index (χ2v) is 6.58. The number of nitrogens with zero attached hydrogens (tertiary/aromatic N) is 2. The summed E-state index contributed by atoms with van der Waals surface area (Å²) in [5, 5.41) is 0. The van der Waals surface area contributed by atoms with Gasteiger partial charge >= 0.3 is 11.9 Å². The van der Waals surface area contributed by atoms with Gasteiger partial charge in [-0.15, -0.1) is 6.58 Å². The third-order valence-electron chi connectivity index (χ3n) is 4.67. The van der Waals surface area contributed by atoms with Crippen molar-refractivity contribution in [3.8, 4) is 0 Å². The molecule has 8 heteroatoms. The fourth-order valence-electron chi connectivity index (χ4n) is 3.16. The molecule has 0 fully saturated rings. The molecule has 0 unspecified atom stereocenters. The van der Waals surface area contributed by atoms with Gasteiger partial charge in [-0.05, 0) is 30.2 Å². The molecule has 0 aliphatic carbocycles. The first-order chi connectivity index (χ1) is 14.2. The molecule has 30 heavy (non-hydrogen) atoms. The number of aromatic nitrogens is 2. The molecule has 0 saturated heterocycles. The smallest absolute Gasteiger partial charge is 0.288 e. The highest BCUT2D eigenvalue weighted by atomic mass is 19.4. The summed E-state index contributed by atoms with van der Waals surface area (Å²) in [6.07, 6.45) is -3.34. The Morgan fingerprint density at radius 1 is 1.03 bits per heavy atom. The lowest BCUT2D eigenvalue weighted by atomic mass is 10.0. The van der Waals surface area contributed by atoms with E-state index < -0.39 is 34.9 Å². The molecule has 3 rings (SSSR count). The lowest BCUT2D eigenvalue weighted by Crippen LogP contribution is -2.47. The number of rotatable bonds is 4. The van der Waals surface area contributed by atoms with E-state index in [4.69, 9.17) is 0 Å². The summed E-state index contributed by atoms with van der Waals surface area (Å²) in [4.78, 5) is 38.3. The van der Waals surface area contributed by atoms with Gasteiger partial charge in [0.25, 0.3) is 11.5 Å². The Morgan fingerprint density at radius 2 is 1.63 bits per heavy atom. The normalized spacial score (nSPS) is 12.4. The first-order valence-corrected chi connectivity index (χ1v) is 8.90. The predicted octanol–water partition coefficient (Wildman–Crippen LogP) is 3.80. The highest BCUT2D eigenvalue weighted by molar-refractivity contribution is 5.95. The molecule has 1 atom stereocenters. The van der Waals surface area contributed by atoms with Crippen molar-refractivity contribution in [1.82, 2.24) is 9.13 Å². The Bertz CT molecular complexity index is 1220. The Morgan fingerprint density at radius 3 is 2.20 bits per heavy atom. The van der Waals surface area contributed by atoms with Gasteiger partial charge in [0.2, 0.25) is 0 Å². The number of carbonyl (C=O) groups is 1. The van der Waals surface area contributed by atoms with Gasteiger partial charge in [0, 0.05) is 11.8 Å². The topological polar surface area (TPSA) is 61.1 Å². The number of alkyl halides is 3. The van der Waals surface area contributed by atoms with Crippen molar-refractivity contribution in [2.45, 2.75) is 19.1 Å². The molecule has 0 bridgehead atoms. The average molecular weight is 414 g/mol. The summed E-state index contributed by atoms with van der Waals surface area (Å²) in [6, 6.07) is 12.9. The number of hydrogen-bond donors (Lipinski definition) is 0. The van der Waals surface area contributed by atoms with Crippen LogP contribution in [0.4, 0.5) is 13.2 Å². The highest BCUT2D eigenvalue weighted by Gasteiger charge is 2.38. The van der Waals surface area contributed by atoms with E-state index in [1.54, 1.807) is 37.3 Å². The van der Waals surface area contributed by atoms with Crippen molar-refractivity contribution < 1.29 is 18.0 Å². The van der Waals surface area contributed by atoms with Crippen molar-refractivity contribution in [2.24, 2.45) is 0 Å². The average Bonchev–Trinajstić information content (AvgIpc) is 2.71. The van der Waals surface area contributed by atoms with Crippen molar-refractivity contribution in [3.63, 3.8) is 0 Å². The first-order valence-electron chi connectivity index (χ1n) is 8.90. The first kappa shape index (κ1) is 21.0. The molecule has 0 N–H and O–H groups in total. The molecule has 0 aliphatic rings. The van der Waals surface area contributed by atoms with Gasteiger partial charge in [-0.2, -0.15) is 17.7 Å². The van der Waals surface area contributed by atoms with Gasteiger partial charge in [0.15, 0.2) is 0 Å². The zero-order valence-corrected chi connectivity index (χ0v) is 15.9. The summed E-state index contributed by atoms with van der Waals surface area (Å²) >= 11 is 0. The van der Waals surface area contributed by atoms with Gasteiger partial charge in [-0.3, -0.25) is 14.2 Å². The van der Waals surface area contributed by atoms with Crippen molar-refractivity contribution in [3.05, 3.63) is 117 Å². The van der Waals surface area contributed by atoms with Crippen LogP contribution in [0.15, 0.2) is 83.0 Å². The SMILES string of the molecule is C=C[C@@H](c1ccccc1C)n1cc(C(F)(F)F)c(=O)n(C(=O)c2ccccc2)c1=O. The minimum Gasteiger partial charge on any atom is -0.288 e. The Balaban J connectivity index is 2.36. The molecular formula is C22H17F3N2O3. The number of carbonyl (C=O) groups excluding carboxylic acids is 1. The Kier molecular flexibility index (Phi) is 5.60. The zero-order chi connectivity index (χ0) is 22.1. The lowest BCUT2D eigenvalue weighted by Gasteiger charge is -2.21. The number of halogens is 3. The van der Waals surface area contributed by atoms with Gasteiger partial charge in [-0.25, -0.2) is 4.79 Å². The largest absolute Gasteiger partial charge is 0.423 e. The number of allylic oxidation sites excluding steroid dienone is 1. The molecule has 2 aromatic carbocycles. The summed E-state index contributed by atoms with van der Waals surface area (Å²) < 4.78 is 41.5. The Hall–Kier alpha value is -3.68. The lowest BCUT2D eigenvalue weighted by molar-refractivity contribution is -0.139. The van der Waals surface area contributed by atoms with Gasteiger partial charge < -0.3 is 0 Å². The molecule has 0 spiro atoms. The van der Waals surface area contributed by atoms with Gasteiger partial charge in [0.05, 0.1) is 6.04 Å². The molecule has 0 amide bonds. The zero-order valence-electron chi connectivity index (χ0n) is 15.9. The van der Waals surface area contributed by atoms with Crippen LogP contribution in [0.2, 0.25) is 0 Å². The maximum absolute atomic E-state index is 13.6. The molecule has 1 aromatic heterocycles. The molecule has 0 radical (unpaired) electrons. The quantitative estimate of drug-likeness (QED) is 0.610. The third kappa shape index (κ3) is 3.76. The van der Waals surface area contributed by atoms with E-state index in [0.29, 0.717) is 21.9 Å². The Labute approximate surface area is 169 Å². The van der Waals surface area contributed by atoms with Crippen molar-refractivity contribution in [2.75, 3.05) is 0 Å². The van der Waals surface area contributed by atoms with Crippen LogP contribution in [0.25, 0.3) is 0 Å². The van der Waals surface area contributed by atoms with E-state index in [1.807, 2.05) is 0 Å². The molecule has 154 valence electrons. The minimum atomic E-state index is -5.07. The molecule has 5 nitrogen and oxygen atoms in total. The van der Waals surface area contributed by atoms with Crippen molar-refractivity contribution in [1.29, 1.82) is 0 Å². The fraction of sp³-hybridized carbons (Fsp3) is 0.136. The van der Waals surface area contributed by atoms with E-state index in [2.05, 4.69) is 6.58 Å². The number of hydrogen-bond acceptors (Lipinski definition) is 3. The second-order valence-electron chi connectivity index (χ2n) is 6.58. The van der Waals surface area contributed by atoms with Crippen LogP contribution >= 0.6 is 0 Å². The van der Waals surface area contributed by atoms with Crippen LogP contribution in [0.5, 0.6) is 0 Å². The van der Waals surface area contributed by atoms with E-state index in [0.717, 1.165) is 0 Å². The monoisotopic (exact) mass is 414 g/mol. The standard InChI is InChI=1S/C22H17F3N2O3/c1-3-18(16-12-8-7-9-14(16)2)26-13-17(22(23,24)25)20(29)27(21(26)30)19(28)15-10-5-4-6-11-15/h3-13,18H,1H2,2H3/t18-/m0/s1. The molecule has 0 aliphatic heterocycles. The summed E-state index contributed by atoms with van der Waals surface area (Å²) in [5.41, 5.74) is -3.39. The maximum atomic E-state index is 13.6. The van der Waals surface area contributed by atoms with Gasteiger partial charge in [-0.1, -0.05) is 48.5 Å². The van der Waals surface area contributed by atoms with E-state index in [1.165, 1.54) is 30.3 Å². The number of aryl methyl sites for hydroxylation is 1. The molecule has 0 saturated carbocycles. The summed E-state index contributed by atoms with van der Waals surface area (Å²) in [6.45, 7) is 5.36. The molecule has 1 heterocycles. The highest BCUT2D eigenvalue weighted by Crippen LogP contribution is 2.28.